The summed E-state index contributed by atoms with van der Waals surface area (Å²) in [6.07, 6.45) is 1.19. The molecule has 0 fully saturated rings. The van der Waals surface area contributed by atoms with Crippen molar-refractivity contribution >= 4 is 11.8 Å². The molecule has 2 aliphatic rings. The number of benzene rings is 1. The summed E-state index contributed by atoms with van der Waals surface area (Å²) >= 11 is 0. The average molecular weight is 355 g/mol. The van der Waals surface area contributed by atoms with Gasteiger partial charge in [-0.1, -0.05) is 26.0 Å². The molecular weight excluding hydrogens is 330 g/mol. The normalized spacial score (nSPS) is 22.0. The van der Waals surface area contributed by atoms with Crippen LogP contribution in [-0.4, -0.2) is 23.5 Å². The second-order valence-corrected chi connectivity index (χ2v) is 7.74. The molecule has 138 valence electrons. The second kappa shape index (κ2) is 6.63. The molecule has 1 aliphatic heterocycles. The SMILES string of the molecule is CCOC(=O)C1=C(C)NC2=C(C(=O)CC(C)(C)C2)C1c1ccc(O)cc1. The highest BCUT2D eigenvalue weighted by atomic mass is 16.5. The largest absolute Gasteiger partial charge is 0.508 e. The summed E-state index contributed by atoms with van der Waals surface area (Å²) in [5.41, 5.74) is 3.38. The number of phenolic OH excluding ortho intramolecular Hbond substituents is 1. The fraction of sp³-hybridized carbons (Fsp3) is 0.429. The number of phenols is 1. The quantitative estimate of drug-likeness (QED) is 0.811. The molecule has 1 aromatic rings. The van der Waals surface area contributed by atoms with Crippen LogP contribution in [0.5, 0.6) is 5.75 Å². The van der Waals surface area contributed by atoms with Gasteiger partial charge in [0.15, 0.2) is 5.78 Å². The van der Waals surface area contributed by atoms with Crippen LogP contribution in [0.25, 0.3) is 0 Å². The Balaban J connectivity index is 2.17. The highest BCUT2D eigenvalue weighted by Crippen LogP contribution is 2.46. The number of Topliss-reactive ketones (excluding diaryl/α,β-unsaturated/α-hetero) is 1. The number of aromatic hydroxyl groups is 1. The molecule has 0 saturated carbocycles. The van der Waals surface area contributed by atoms with E-state index >= 15 is 0 Å². The first-order chi connectivity index (χ1) is 12.2. The van der Waals surface area contributed by atoms with Gasteiger partial charge in [-0.2, -0.15) is 0 Å². The molecule has 0 bridgehead atoms. The second-order valence-electron chi connectivity index (χ2n) is 7.74. The van der Waals surface area contributed by atoms with Gasteiger partial charge in [-0.25, -0.2) is 4.79 Å². The summed E-state index contributed by atoms with van der Waals surface area (Å²) in [6.45, 7) is 8.02. The molecule has 0 aromatic heterocycles. The average Bonchev–Trinajstić information content (AvgIpc) is 2.53. The smallest absolute Gasteiger partial charge is 0.336 e. The van der Waals surface area contributed by atoms with Crippen LogP contribution in [0.4, 0.5) is 0 Å². The van der Waals surface area contributed by atoms with E-state index in [1.165, 1.54) is 0 Å². The van der Waals surface area contributed by atoms with Crippen LogP contribution in [0.3, 0.4) is 0 Å². The van der Waals surface area contributed by atoms with E-state index in [0.29, 0.717) is 23.3 Å². The van der Waals surface area contributed by atoms with Crippen LogP contribution in [-0.2, 0) is 14.3 Å². The molecule has 1 aromatic carbocycles. The minimum atomic E-state index is -0.477. The lowest BCUT2D eigenvalue weighted by Gasteiger charge is -2.39. The van der Waals surface area contributed by atoms with Gasteiger partial charge in [0.2, 0.25) is 0 Å². The van der Waals surface area contributed by atoms with Crippen LogP contribution in [0, 0.1) is 5.41 Å². The Hall–Kier alpha value is -2.56. The van der Waals surface area contributed by atoms with Gasteiger partial charge >= 0.3 is 5.97 Å². The first-order valence-corrected chi connectivity index (χ1v) is 8.93. The van der Waals surface area contributed by atoms with Gasteiger partial charge in [-0.05, 0) is 43.4 Å². The molecule has 2 N–H and O–H groups in total. The predicted octanol–water partition coefficient (Wildman–Crippen LogP) is 3.56. The molecule has 0 saturated heterocycles. The summed E-state index contributed by atoms with van der Waals surface area (Å²) in [7, 11) is 0. The van der Waals surface area contributed by atoms with Gasteiger partial charge in [0.1, 0.15) is 5.75 Å². The van der Waals surface area contributed by atoms with Crippen molar-refractivity contribution in [3.63, 3.8) is 0 Å². The van der Waals surface area contributed by atoms with Crippen molar-refractivity contribution in [3.8, 4) is 5.75 Å². The Labute approximate surface area is 153 Å². The number of hydrogen-bond acceptors (Lipinski definition) is 5. The summed E-state index contributed by atoms with van der Waals surface area (Å²) in [5.74, 6) is -0.697. The minimum Gasteiger partial charge on any atom is -0.508 e. The van der Waals surface area contributed by atoms with Crippen molar-refractivity contribution in [1.29, 1.82) is 0 Å². The van der Waals surface area contributed by atoms with E-state index < -0.39 is 11.9 Å². The number of hydrogen-bond donors (Lipinski definition) is 2. The maximum absolute atomic E-state index is 13.0. The number of nitrogens with one attached hydrogen (secondary N) is 1. The molecule has 26 heavy (non-hydrogen) atoms. The Morgan fingerprint density at radius 1 is 1.27 bits per heavy atom. The maximum Gasteiger partial charge on any atom is 0.336 e. The highest BCUT2D eigenvalue weighted by Gasteiger charge is 2.43. The molecule has 5 nitrogen and oxygen atoms in total. The minimum absolute atomic E-state index is 0.0520. The zero-order valence-electron chi connectivity index (χ0n) is 15.7. The third kappa shape index (κ3) is 3.26. The van der Waals surface area contributed by atoms with E-state index in [1.54, 1.807) is 31.2 Å². The van der Waals surface area contributed by atoms with Crippen molar-refractivity contribution in [2.24, 2.45) is 5.41 Å². The van der Waals surface area contributed by atoms with Crippen molar-refractivity contribution in [2.75, 3.05) is 6.61 Å². The van der Waals surface area contributed by atoms with Gasteiger partial charge in [-0.15, -0.1) is 0 Å². The lowest BCUT2D eigenvalue weighted by molar-refractivity contribution is -0.138. The molecule has 0 spiro atoms. The molecular formula is C21H25NO4. The van der Waals surface area contributed by atoms with E-state index in [2.05, 4.69) is 19.2 Å². The number of carbonyl (C=O) groups excluding carboxylic acids is 2. The highest BCUT2D eigenvalue weighted by molar-refractivity contribution is 6.04. The zero-order valence-corrected chi connectivity index (χ0v) is 15.7. The predicted molar refractivity (Wildman–Crippen MR) is 98.4 cm³/mol. The lowest BCUT2D eigenvalue weighted by atomic mass is 9.68. The van der Waals surface area contributed by atoms with Crippen LogP contribution >= 0.6 is 0 Å². The number of dihydropyridines is 1. The number of rotatable bonds is 3. The molecule has 0 amide bonds. The third-order valence-electron chi connectivity index (χ3n) is 4.96. The van der Waals surface area contributed by atoms with Gasteiger partial charge < -0.3 is 15.2 Å². The number of carbonyl (C=O) groups is 2. The number of ketones is 1. The molecule has 1 atom stereocenters. The van der Waals surface area contributed by atoms with Crippen molar-refractivity contribution < 1.29 is 19.4 Å². The number of esters is 1. The van der Waals surface area contributed by atoms with Crippen molar-refractivity contribution in [1.82, 2.24) is 5.32 Å². The summed E-state index contributed by atoms with van der Waals surface area (Å²) in [6, 6.07) is 6.67. The Bertz CT molecular complexity index is 815. The maximum atomic E-state index is 13.0. The zero-order chi connectivity index (χ0) is 19.1. The van der Waals surface area contributed by atoms with Gasteiger partial charge in [-0.3, -0.25) is 4.79 Å². The van der Waals surface area contributed by atoms with E-state index in [1.807, 2.05) is 6.92 Å². The number of ether oxygens (including phenoxy) is 1. The lowest BCUT2D eigenvalue weighted by Crippen LogP contribution is -2.38. The van der Waals surface area contributed by atoms with Gasteiger partial charge in [0, 0.05) is 29.3 Å². The fourth-order valence-electron chi connectivity index (χ4n) is 3.92. The molecule has 1 aliphatic carbocycles. The molecule has 0 radical (unpaired) electrons. The van der Waals surface area contributed by atoms with Crippen LogP contribution in [0.1, 0.15) is 52.0 Å². The topological polar surface area (TPSA) is 75.6 Å². The van der Waals surface area contributed by atoms with E-state index in [0.717, 1.165) is 17.7 Å². The summed E-state index contributed by atoms with van der Waals surface area (Å²) in [5, 5.41) is 12.9. The fourth-order valence-corrected chi connectivity index (χ4v) is 3.92. The van der Waals surface area contributed by atoms with Gasteiger partial charge in [0.25, 0.3) is 0 Å². The number of allylic oxidation sites excluding steroid dienone is 3. The molecule has 1 unspecified atom stereocenters. The molecule has 1 heterocycles. The van der Waals surface area contributed by atoms with Crippen LogP contribution in [0.15, 0.2) is 46.8 Å². The standard InChI is InChI=1S/C21H25NO4/c1-5-26-20(25)17-12(2)22-15-10-21(3,4)11-16(24)19(15)18(17)13-6-8-14(23)9-7-13/h6-9,18,22-23H,5,10-11H2,1-4H3. The van der Waals surface area contributed by atoms with E-state index in [4.69, 9.17) is 4.74 Å². The third-order valence-corrected chi connectivity index (χ3v) is 4.96. The first-order valence-electron chi connectivity index (χ1n) is 8.93. The Morgan fingerprint density at radius 2 is 1.92 bits per heavy atom. The Morgan fingerprint density at radius 3 is 2.54 bits per heavy atom. The first kappa shape index (κ1) is 18.2. The van der Waals surface area contributed by atoms with Crippen molar-refractivity contribution in [2.45, 2.75) is 46.5 Å². The van der Waals surface area contributed by atoms with E-state index in [9.17, 15) is 14.7 Å². The summed E-state index contributed by atoms with van der Waals surface area (Å²) < 4.78 is 5.26. The van der Waals surface area contributed by atoms with Crippen LogP contribution < -0.4 is 5.32 Å². The molecule has 3 rings (SSSR count). The van der Waals surface area contributed by atoms with E-state index in [-0.39, 0.29) is 23.6 Å². The van der Waals surface area contributed by atoms with Crippen molar-refractivity contribution in [3.05, 3.63) is 52.4 Å². The van der Waals surface area contributed by atoms with Crippen LogP contribution in [0.2, 0.25) is 0 Å². The molecule has 5 heteroatoms. The van der Waals surface area contributed by atoms with Gasteiger partial charge in [0.05, 0.1) is 12.2 Å². The Kier molecular flexibility index (Phi) is 4.65. The monoisotopic (exact) mass is 355 g/mol. The summed E-state index contributed by atoms with van der Waals surface area (Å²) in [4.78, 5) is 25.7.